The zero-order valence-corrected chi connectivity index (χ0v) is 16.9. The highest BCUT2D eigenvalue weighted by atomic mass is 32.2. The lowest BCUT2D eigenvalue weighted by Gasteiger charge is -2.13. The Labute approximate surface area is 154 Å². The second-order valence-corrected chi connectivity index (χ2v) is 6.86. The number of hydrogen-bond donors (Lipinski definition) is 1. The van der Waals surface area contributed by atoms with E-state index < -0.39 is 0 Å². The minimum Gasteiger partial charge on any atom is -0.316 e. The van der Waals surface area contributed by atoms with Crippen molar-refractivity contribution in [3.05, 3.63) is 71.4 Å². The standard InChI is InChI=1S/C22H35NS/c1-6-10-12-14-19(5)15-16-21(20(9-4)13-8-3)18-22(23)24-17-11-7-2/h7-14,18,22H,6,15-17,23H2,1-5H3/b11-7-,12-10-,13-8-,19-14-,20-9+,21-18+. The first-order chi connectivity index (χ1) is 11.6. The van der Waals surface area contributed by atoms with E-state index >= 15 is 0 Å². The van der Waals surface area contributed by atoms with Gasteiger partial charge in [0, 0.05) is 5.75 Å². The Morgan fingerprint density at radius 2 is 1.83 bits per heavy atom. The van der Waals surface area contributed by atoms with E-state index in [0.717, 1.165) is 25.0 Å². The van der Waals surface area contributed by atoms with Gasteiger partial charge in [-0.3, -0.25) is 0 Å². The molecule has 24 heavy (non-hydrogen) atoms. The fraction of sp³-hybridized carbons (Fsp3) is 0.455. The van der Waals surface area contributed by atoms with Crippen molar-refractivity contribution in [2.75, 3.05) is 5.75 Å². The minimum atomic E-state index is 0.0284. The van der Waals surface area contributed by atoms with Crippen LogP contribution in [0.5, 0.6) is 0 Å². The summed E-state index contributed by atoms with van der Waals surface area (Å²) in [6.45, 7) is 10.5. The highest BCUT2D eigenvalue weighted by Gasteiger charge is 2.06. The van der Waals surface area contributed by atoms with Crippen molar-refractivity contribution in [3.8, 4) is 0 Å². The molecule has 134 valence electrons. The second-order valence-electron chi connectivity index (χ2n) is 5.65. The third kappa shape index (κ3) is 11.3. The van der Waals surface area contributed by atoms with Crippen LogP contribution in [0.25, 0.3) is 0 Å². The molecule has 0 amide bonds. The Hall–Kier alpha value is -1.25. The molecule has 0 aliphatic rings. The predicted molar refractivity (Wildman–Crippen MR) is 114 cm³/mol. The maximum Gasteiger partial charge on any atom is 0.0703 e. The molecule has 0 aliphatic heterocycles. The zero-order chi connectivity index (χ0) is 18.2. The molecule has 0 heterocycles. The van der Waals surface area contributed by atoms with Gasteiger partial charge in [0.2, 0.25) is 0 Å². The van der Waals surface area contributed by atoms with Crippen LogP contribution in [-0.4, -0.2) is 11.1 Å². The smallest absolute Gasteiger partial charge is 0.0703 e. The summed E-state index contributed by atoms with van der Waals surface area (Å²) in [5.74, 6) is 0.955. The predicted octanol–water partition coefficient (Wildman–Crippen LogP) is 6.72. The van der Waals surface area contributed by atoms with E-state index in [1.807, 2.05) is 6.92 Å². The summed E-state index contributed by atoms with van der Waals surface area (Å²) in [5, 5.41) is 0.0284. The molecule has 0 aliphatic carbocycles. The number of hydrogen-bond acceptors (Lipinski definition) is 2. The van der Waals surface area contributed by atoms with E-state index in [9.17, 15) is 0 Å². The monoisotopic (exact) mass is 345 g/mol. The molecule has 1 unspecified atom stereocenters. The third-order valence-corrected chi connectivity index (χ3v) is 4.46. The van der Waals surface area contributed by atoms with Crippen LogP contribution in [0.1, 0.15) is 53.9 Å². The molecule has 2 heteroatoms. The lowest BCUT2D eigenvalue weighted by atomic mass is 9.97. The molecule has 0 aromatic carbocycles. The zero-order valence-electron chi connectivity index (χ0n) is 16.1. The van der Waals surface area contributed by atoms with Crippen molar-refractivity contribution < 1.29 is 0 Å². The highest BCUT2D eigenvalue weighted by Crippen LogP contribution is 2.23. The van der Waals surface area contributed by atoms with Gasteiger partial charge >= 0.3 is 0 Å². The lowest BCUT2D eigenvalue weighted by Crippen LogP contribution is -2.13. The van der Waals surface area contributed by atoms with Crippen LogP contribution in [0, 0.1) is 0 Å². The molecule has 0 aromatic heterocycles. The molecule has 0 saturated heterocycles. The minimum absolute atomic E-state index is 0.0284. The molecule has 0 bridgehead atoms. The summed E-state index contributed by atoms with van der Waals surface area (Å²) in [5.41, 5.74) is 10.3. The van der Waals surface area contributed by atoms with Crippen molar-refractivity contribution in [3.63, 3.8) is 0 Å². The number of thioether (sulfide) groups is 1. The average Bonchev–Trinajstić information content (AvgIpc) is 2.57. The van der Waals surface area contributed by atoms with Crippen LogP contribution in [0.4, 0.5) is 0 Å². The van der Waals surface area contributed by atoms with Crippen molar-refractivity contribution in [1.82, 2.24) is 0 Å². The summed E-state index contributed by atoms with van der Waals surface area (Å²) in [6.07, 6.45) is 22.6. The Morgan fingerprint density at radius 3 is 2.42 bits per heavy atom. The molecular formula is C22H35NS. The van der Waals surface area contributed by atoms with Gasteiger partial charge in [-0.05, 0) is 58.1 Å². The Balaban J connectivity index is 5.06. The fourth-order valence-electron chi connectivity index (χ4n) is 2.18. The first-order valence-corrected chi connectivity index (χ1v) is 9.94. The van der Waals surface area contributed by atoms with Gasteiger partial charge in [-0.2, -0.15) is 0 Å². The molecule has 1 nitrogen and oxygen atoms in total. The molecule has 0 rings (SSSR count). The maximum atomic E-state index is 6.28. The van der Waals surface area contributed by atoms with E-state index in [1.54, 1.807) is 11.8 Å². The number of nitrogens with two attached hydrogens (primary N) is 1. The second kappa shape index (κ2) is 15.3. The van der Waals surface area contributed by atoms with Gasteiger partial charge in [-0.15, -0.1) is 11.8 Å². The van der Waals surface area contributed by atoms with Gasteiger partial charge < -0.3 is 5.73 Å². The first kappa shape index (κ1) is 22.8. The van der Waals surface area contributed by atoms with Crippen LogP contribution in [-0.2, 0) is 0 Å². The molecule has 0 saturated carbocycles. The quantitative estimate of drug-likeness (QED) is 0.255. The normalized spacial score (nSPS) is 16.0. The maximum absolute atomic E-state index is 6.28. The van der Waals surface area contributed by atoms with Gasteiger partial charge in [0.25, 0.3) is 0 Å². The summed E-state index contributed by atoms with van der Waals surface area (Å²) in [6, 6.07) is 0. The average molecular weight is 346 g/mol. The van der Waals surface area contributed by atoms with E-state index in [1.165, 1.54) is 16.7 Å². The largest absolute Gasteiger partial charge is 0.316 e. The molecular weight excluding hydrogens is 310 g/mol. The fourth-order valence-corrected chi connectivity index (χ4v) is 2.97. The Bertz CT molecular complexity index is 504. The van der Waals surface area contributed by atoms with Crippen LogP contribution < -0.4 is 5.73 Å². The van der Waals surface area contributed by atoms with Crippen LogP contribution >= 0.6 is 11.8 Å². The van der Waals surface area contributed by atoms with Gasteiger partial charge in [0.05, 0.1) is 5.37 Å². The topological polar surface area (TPSA) is 26.0 Å². The van der Waals surface area contributed by atoms with Crippen molar-refractivity contribution >= 4 is 11.8 Å². The lowest BCUT2D eigenvalue weighted by molar-refractivity contribution is 0.924. The molecule has 0 radical (unpaired) electrons. The van der Waals surface area contributed by atoms with Crippen molar-refractivity contribution in [2.24, 2.45) is 5.73 Å². The van der Waals surface area contributed by atoms with Gasteiger partial charge in [0.15, 0.2) is 0 Å². The summed E-state index contributed by atoms with van der Waals surface area (Å²) in [7, 11) is 0. The summed E-state index contributed by atoms with van der Waals surface area (Å²) < 4.78 is 0. The van der Waals surface area contributed by atoms with Crippen molar-refractivity contribution in [2.45, 2.75) is 59.3 Å². The van der Waals surface area contributed by atoms with E-state index in [4.69, 9.17) is 5.73 Å². The van der Waals surface area contributed by atoms with Gasteiger partial charge in [-0.25, -0.2) is 0 Å². The van der Waals surface area contributed by atoms with Crippen LogP contribution in [0.3, 0.4) is 0 Å². The Kier molecular flexibility index (Phi) is 14.5. The SMILES string of the molecule is C/C=C\CSC(N)/C=C(CC/C(C)=C\C=C/CC)/C(/C=C\C)=C/C. The van der Waals surface area contributed by atoms with E-state index in [2.05, 4.69) is 82.4 Å². The highest BCUT2D eigenvalue weighted by molar-refractivity contribution is 8.00. The third-order valence-electron chi connectivity index (χ3n) is 3.56. The number of rotatable bonds is 11. The van der Waals surface area contributed by atoms with E-state index in [-0.39, 0.29) is 5.37 Å². The Morgan fingerprint density at radius 1 is 1.08 bits per heavy atom. The van der Waals surface area contributed by atoms with Crippen LogP contribution in [0.2, 0.25) is 0 Å². The molecule has 2 N–H and O–H groups in total. The number of allylic oxidation sites excluding steroid dienone is 10. The van der Waals surface area contributed by atoms with Crippen molar-refractivity contribution in [1.29, 1.82) is 0 Å². The molecule has 1 atom stereocenters. The molecule has 0 spiro atoms. The molecule has 0 fully saturated rings. The summed E-state index contributed by atoms with van der Waals surface area (Å²) >= 11 is 1.76. The summed E-state index contributed by atoms with van der Waals surface area (Å²) in [4.78, 5) is 0. The van der Waals surface area contributed by atoms with E-state index in [0.29, 0.717) is 0 Å². The molecule has 0 aromatic rings. The van der Waals surface area contributed by atoms with Gasteiger partial charge in [-0.1, -0.05) is 67.2 Å². The van der Waals surface area contributed by atoms with Gasteiger partial charge in [0.1, 0.15) is 0 Å². The first-order valence-electron chi connectivity index (χ1n) is 8.89. The van der Waals surface area contributed by atoms with Crippen LogP contribution in [0.15, 0.2) is 71.4 Å².